The van der Waals surface area contributed by atoms with Crippen LogP contribution in [0.25, 0.3) is 0 Å². The van der Waals surface area contributed by atoms with Gasteiger partial charge >= 0.3 is 12.0 Å². The van der Waals surface area contributed by atoms with E-state index >= 15 is 0 Å². The molecule has 0 spiro atoms. The Balaban J connectivity index is 2.52. The number of benzene rings is 1. The van der Waals surface area contributed by atoms with Gasteiger partial charge in [0, 0.05) is 17.1 Å². The van der Waals surface area contributed by atoms with Crippen molar-refractivity contribution in [1.82, 2.24) is 10.6 Å². The Hall–Kier alpha value is -2.09. The molecule has 0 bridgehead atoms. The summed E-state index contributed by atoms with van der Waals surface area (Å²) < 4.78 is 5.55. The zero-order chi connectivity index (χ0) is 17.2. The summed E-state index contributed by atoms with van der Waals surface area (Å²) in [6, 6.07) is 5.88. The van der Waals surface area contributed by atoms with Crippen LogP contribution in [0, 0.1) is 0 Å². The number of halogens is 1. The van der Waals surface area contributed by atoms with Gasteiger partial charge in [0.1, 0.15) is 6.04 Å². The average Bonchev–Trinajstić information content (AvgIpc) is 2.48. The fraction of sp³-hybridized carbons (Fsp3) is 0.400. The van der Waals surface area contributed by atoms with Crippen molar-refractivity contribution in [2.45, 2.75) is 32.7 Å². The highest BCUT2D eigenvalue weighted by molar-refractivity contribution is 9.10. The van der Waals surface area contributed by atoms with Gasteiger partial charge in [0.15, 0.2) is 6.73 Å². The summed E-state index contributed by atoms with van der Waals surface area (Å²) >= 11 is 3.31. The number of rotatable bonds is 7. The summed E-state index contributed by atoms with van der Waals surface area (Å²) in [5.74, 6) is -0.891. The predicted molar refractivity (Wildman–Crippen MR) is 89.8 cm³/mol. The van der Waals surface area contributed by atoms with Crippen LogP contribution in [0.1, 0.15) is 26.7 Å². The molecule has 7 nitrogen and oxygen atoms in total. The van der Waals surface area contributed by atoms with Crippen LogP contribution in [-0.4, -0.2) is 30.7 Å². The lowest BCUT2D eigenvalue weighted by Crippen LogP contribution is -2.48. The topological polar surface area (TPSA) is 96.5 Å². The molecule has 0 radical (unpaired) electrons. The van der Waals surface area contributed by atoms with Gasteiger partial charge in [0.05, 0.1) is 0 Å². The first kappa shape index (κ1) is 19.0. The highest BCUT2D eigenvalue weighted by atomic mass is 79.9. The summed E-state index contributed by atoms with van der Waals surface area (Å²) in [5.41, 5.74) is 0.612. The number of urea groups is 1. The summed E-state index contributed by atoms with van der Waals surface area (Å²) in [6.07, 6.45) is 1.18. The van der Waals surface area contributed by atoms with Crippen molar-refractivity contribution in [3.63, 3.8) is 0 Å². The van der Waals surface area contributed by atoms with Gasteiger partial charge in [0.2, 0.25) is 5.91 Å². The van der Waals surface area contributed by atoms with E-state index in [0.29, 0.717) is 18.5 Å². The molecule has 0 heterocycles. The van der Waals surface area contributed by atoms with E-state index in [4.69, 9.17) is 0 Å². The first-order chi connectivity index (χ1) is 10.9. The van der Waals surface area contributed by atoms with Crippen molar-refractivity contribution < 1.29 is 19.1 Å². The van der Waals surface area contributed by atoms with Crippen molar-refractivity contribution >= 4 is 39.5 Å². The first-order valence-electron chi connectivity index (χ1n) is 7.16. The van der Waals surface area contributed by atoms with Crippen molar-refractivity contribution in [3.05, 3.63) is 28.7 Å². The van der Waals surface area contributed by atoms with Gasteiger partial charge in [-0.2, -0.15) is 0 Å². The molecule has 3 N–H and O–H groups in total. The molecule has 0 saturated heterocycles. The molecule has 0 saturated carbocycles. The second-order valence-corrected chi connectivity index (χ2v) is 5.68. The number of hydrogen-bond donors (Lipinski definition) is 3. The first-order valence-corrected chi connectivity index (χ1v) is 7.95. The Morgan fingerprint density at radius 2 is 1.87 bits per heavy atom. The number of carbonyl (C=O) groups is 3. The lowest BCUT2D eigenvalue weighted by Gasteiger charge is -2.18. The summed E-state index contributed by atoms with van der Waals surface area (Å²) in [6.45, 7) is 2.94. The number of amides is 3. The van der Waals surface area contributed by atoms with E-state index in [9.17, 15) is 14.4 Å². The molecule has 126 valence electrons. The number of ether oxygens (including phenoxy) is 1. The van der Waals surface area contributed by atoms with Gasteiger partial charge in [-0.15, -0.1) is 0 Å². The van der Waals surface area contributed by atoms with Crippen LogP contribution in [0.15, 0.2) is 28.7 Å². The number of hydrogen-bond acceptors (Lipinski definition) is 4. The Bertz CT molecular complexity index is 548. The van der Waals surface area contributed by atoms with Crippen LogP contribution >= 0.6 is 15.9 Å². The maximum atomic E-state index is 12.0. The van der Waals surface area contributed by atoms with Gasteiger partial charge in [-0.25, -0.2) is 4.79 Å². The zero-order valence-corrected chi connectivity index (χ0v) is 14.6. The van der Waals surface area contributed by atoms with Crippen LogP contribution in [0.4, 0.5) is 10.5 Å². The van der Waals surface area contributed by atoms with Crippen molar-refractivity contribution in [2.75, 3.05) is 12.0 Å². The SMILES string of the molecule is CCCC(NC(=O)Nc1ccc(Br)cc1)C(=O)NCOC(C)=O. The number of anilines is 1. The molecule has 0 fully saturated rings. The fourth-order valence-corrected chi connectivity index (χ4v) is 2.01. The van der Waals surface area contributed by atoms with Gasteiger partial charge in [-0.05, 0) is 30.7 Å². The molecule has 0 aliphatic carbocycles. The second-order valence-electron chi connectivity index (χ2n) is 4.77. The molecule has 0 aromatic heterocycles. The van der Waals surface area contributed by atoms with Crippen molar-refractivity contribution in [2.24, 2.45) is 0 Å². The van der Waals surface area contributed by atoms with Crippen molar-refractivity contribution in [1.29, 1.82) is 0 Å². The molecule has 1 rings (SSSR count). The normalized spacial score (nSPS) is 11.3. The quantitative estimate of drug-likeness (QED) is 0.495. The Morgan fingerprint density at radius 1 is 1.22 bits per heavy atom. The van der Waals surface area contributed by atoms with E-state index in [2.05, 4.69) is 36.6 Å². The highest BCUT2D eigenvalue weighted by Crippen LogP contribution is 2.14. The fourth-order valence-electron chi connectivity index (χ4n) is 1.75. The maximum absolute atomic E-state index is 12.0. The van der Waals surface area contributed by atoms with Gasteiger partial charge in [0.25, 0.3) is 0 Å². The molecule has 3 amide bonds. The third-order valence-electron chi connectivity index (χ3n) is 2.82. The molecule has 1 unspecified atom stereocenters. The molecule has 23 heavy (non-hydrogen) atoms. The van der Waals surface area contributed by atoms with Gasteiger partial charge < -0.3 is 20.7 Å². The third kappa shape index (κ3) is 7.64. The van der Waals surface area contributed by atoms with Crippen LogP contribution in [-0.2, 0) is 14.3 Å². The molecule has 1 aromatic carbocycles. The lowest BCUT2D eigenvalue weighted by molar-refractivity contribution is -0.143. The minimum atomic E-state index is -0.703. The van der Waals surface area contributed by atoms with Gasteiger partial charge in [-0.3, -0.25) is 9.59 Å². The van der Waals surface area contributed by atoms with E-state index in [1.807, 2.05) is 6.92 Å². The third-order valence-corrected chi connectivity index (χ3v) is 3.35. The van der Waals surface area contributed by atoms with Crippen LogP contribution in [0.5, 0.6) is 0 Å². The van der Waals surface area contributed by atoms with Crippen molar-refractivity contribution in [3.8, 4) is 0 Å². The highest BCUT2D eigenvalue weighted by Gasteiger charge is 2.19. The average molecular weight is 386 g/mol. The second kappa shape index (κ2) is 9.83. The smallest absolute Gasteiger partial charge is 0.319 e. The maximum Gasteiger partial charge on any atom is 0.319 e. The largest absolute Gasteiger partial charge is 0.445 e. The number of carbonyl (C=O) groups excluding carboxylic acids is 3. The van der Waals surface area contributed by atoms with E-state index < -0.39 is 23.9 Å². The monoisotopic (exact) mass is 385 g/mol. The summed E-state index contributed by atoms with van der Waals surface area (Å²) in [7, 11) is 0. The molecular weight excluding hydrogens is 366 g/mol. The van der Waals surface area contributed by atoms with Crippen LogP contribution < -0.4 is 16.0 Å². The minimum absolute atomic E-state index is 0.218. The predicted octanol–water partition coefficient (Wildman–Crippen LogP) is 2.38. The van der Waals surface area contributed by atoms with Gasteiger partial charge in [-0.1, -0.05) is 29.3 Å². The summed E-state index contributed by atoms with van der Waals surface area (Å²) in [5, 5.41) is 7.70. The van der Waals surface area contributed by atoms with E-state index in [1.165, 1.54) is 6.92 Å². The minimum Gasteiger partial charge on any atom is -0.445 e. The standard InChI is InChI=1S/C15H20BrN3O4/c1-3-4-13(14(21)17-9-23-10(2)20)19-15(22)18-12-7-5-11(16)6-8-12/h5-8,13H,3-4,9H2,1-2H3,(H,17,21)(H2,18,19,22). The molecular formula is C15H20BrN3O4. The number of nitrogens with one attached hydrogen (secondary N) is 3. The molecule has 0 aliphatic rings. The summed E-state index contributed by atoms with van der Waals surface area (Å²) in [4.78, 5) is 34.6. The molecule has 1 aromatic rings. The van der Waals surface area contributed by atoms with Crippen LogP contribution in [0.3, 0.4) is 0 Å². The number of esters is 1. The molecule has 1 atom stereocenters. The lowest BCUT2D eigenvalue weighted by atomic mass is 10.1. The molecule has 8 heteroatoms. The van der Waals surface area contributed by atoms with E-state index in [0.717, 1.165) is 4.47 Å². The van der Waals surface area contributed by atoms with Crippen LogP contribution in [0.2, 0.25) is 0 Å². The zero-order valence-electron chi connectivity index (χ0n) is 13.0. The van der Waals surface area contributed by atoms with E-state index in [1.54, 1.807) is 24.3 Å². The Morgan fingerprint density at radius 3 is 2.43 bits per heavy atom. The Labute approximate surface area is 143 Å². The Kier molecular flexibility index (Phi) is 8.10. The van der Waals surface area contributed by atoms with E-state index in [-0.39, 0.29) is 6.73 Å². The molecule has 0 aliphatic heterocycles.